The predicted molar refractivity (Wildman–Crippen MR) is 88.9 cm³/mol. The summed E-state index contributed by atoms with van der Waals surface area (Å²) in [5, 5.41) is 1.54. The number of H-pyrrole nitrogens is 2. The van der Waals surface area contributed by atoms with Gasteiger partial charge in [0.1, 0.15) is 5.65 Å². The third-order valence-corrected chi connectivity index (χ3v) is 3.68. The van der Waals surface area contributed by atoms with Crippen LogP contribution in [-0.4, -0.2) is 21.2 Å². The largest absolute Gasteiger partial charge is 0.369 e. The van der Waals surface area contributed by atoms with E-state index in [-0.39, 0.29) is 11.5 Å². The number of nitrogen functional groups attached to an aromatic ring is 1. The van der Waals surface area contributed by atoms with Gasteiger partial charge in [-0.05, 0) is 17.7 Å². The van der Waals surface area contributed by atoms with E-state index in [2.05, 4.69) is 19.9 Å². The Morgan fingerprint density at radius 1 is 1.36 bits per heavy atom. The van der Waals surface area contributed by atoms with Gasteiger partial charge in [-0.15, -0.1) is 0 Å². The molecule has 3 aromatic rings. The fraction of sp³-hybridized carbons (Fsp3) is 0.0714. The number of hydrogen-bond donors (Lipinski definition) is 3. The van der Waals surface area contributed by atoms with Gasteiger partial charge in [0.25, 0.3) is 5.56 Å². The minimum absolute atomic E-state index is 0.0655. The van der Waals surface area contributed by atoms with E-state index in [4.69, 9.17) is 28.9 Å². The first-order valence-electron chi connectivity index (χ1n) is 6.35. The van der Waals surface area contributed by atoms with Gasteiger partial charge in [0.05, 0.1) is 11.9 Å². The van der Waals surface area contributed by atoms with Crippen LogP contribution in [0, 0.1) is 0 Å². The molecule has 0 aliphatic carbocycles. The number of aromatic nitrogens is 3. The first kappa shape index (κ1) is 14.6. The molecule has 0 bridgehead atoms. The summed E-state index contributed by atoms with van der Waals surface area (Å²) in [5.74, 6) is 0.0655. The lowest BCUT2D eigenvalue weighted by Gasteiger charge is -2.00. The van der Waals surface area contributed by atoms with Gasteiger partial charge in [-0.2, -0.15) is 4.98 Å². The number of aromatic amines is 2. The average molecular weight is 336 g/mol. The van der Waals surface area contributed by atoms with Crippen molar-refractivity contribution < 1.29 is 0 Å². The SMILES string of the molecule is Nc1nc2[nH]cc(C=NCc3ccc(Cl)cc3Cl)c2c(=O)[nH]1. The molecule has 1 aromatic carbocycles. The summed E-state index contributed by atoms with van der Waals surface area (Å²) in [7, 11) is 0. The molecule has 6 nitrogen and oxygen atoms in total. The number of halogens is 2. The number of aliphatic imine (C=N–C) groups is 1. The van der Waals surface area contributed by atoms with E-state index < -0.39 is 0 Å². The second-order valence-electron chi connectivity index (χ2n) is 4.62. The number of anilines is 1. The van der Waals surface area contributed by atoms with Crippen LogP contribution >= 0.6 is 23.2 Å². The van der Waals surface area contributed by atoms with Gasteiger partial charge < -0.3 is 10.7 Å². The van der Waals surface area contributed by atoms with Crippen molar-refractivity contribution in [3.8, 4) is 0 Å². The molecule has 0 atom stereocenters. The van der Waals surface area contributed by atoms with Crippen LogP contribution in [0.25, 0.3) is 11.0 Å². The molecule has 0 aliphatic rings. The molecule has 3 rings (SSSR count). The lowest BCUT2D eigenvalue weighted by molar-refractivity contribution is 1.08. The molecule has 0 spiro atoms. The molecule has 112 valence electrons. The van der Waals surface area contributed by atoms with E-state index in [1.807, 2.05) is 6.07 Å². The highest BCUT2D eigenvalue weighted by molar-refractivity contribution is 6.35. The van der Waals surface area contributed by atoms with Crippen molar-refractivity contribution in [1.82, 2.24) is 15.0 Å². The van der Waals surface area contributed by atoms with Crippen molar-refractivity contribution in [3.05, 3.63) is 55.9 Å². The van der Waals surface area contributed by atoms with Crippen molar-refractivity contribution in [2.75, 3.05) is 5.73 Å². The maximum absolute atomic E-state index is 11.9. The third-order valence-electron chi connectivity index (χ3n) is 3.10. The monoisotopic (exact) mass is 335 g/mol. The van der Waals surface area contributed by atoms with Crippen molar-refractivity contribution in [2.24, 2.45) is 4.99 Å². The zero-order valence-corrected chi connectivity index (χ0v) is 12.7. The summed E-state index contributed by atoms with van der Waals surface area (Å²) in [5.41, 5.74) is 7.09. The third kappa shape index (κ3) is 2.84. The van der Waals surface area contributed by atoms with E-state index >= 15 is 0 Å². The van der Waals surface area contributed by atoms with Crippen LogP contribution in [0.15, 0.2) is 34.2 Å². The van der Waals surface area contributed by atoms with Crippen molar-refractivity contribution in [1.29, 1.82) is 0 Å². The number of benzene rings is 1. The zero-order chi connectivity index (χ0) is 15.7. The van der Waals surface area contributed by atoms with Gasteiger partial charge in [0.15, 0.2) is 0 Å². The second-order valence-corrected chi connectivity index (χ2v) is 5.47. The molecule has 2 heterocycles. The molecule has 0 aliphatic heterocycles. The lowest BCUT2D eigenvalue weighted by atomic mass is 10.2. The van der Waals surface area contributed by atoms with E-state index in [9.17, 15) is 4.79 Å². The van der Waals surface area contributed by atoms with Crippen LogP contribution < -0.4 is 11.3 Å². The Labute approximate surface area is 135 Å². The Morgan fingerprint density at radius 3 is 2.95 bits per heavy atom. The molecule has 0 saturated carbocycles. The summed E-state index contributed by atoms with van der Waals surface area (Å²) < 4.78 is 0. The van der Waals surface area contributed by atoms with E-state index in [0.29, 0.717) is 33.2 Å². The Balaban J connectivity index is 1.88. The molecule has 0 radical (unpaired) electrons. The topological polar surface area (TPSA) is 99.9 Å². The summed E-state index contributed by atoms with van der Waals surface area (Å²) >= 11 is 11.9. The Hall–Kier alpha value is -2.31. The first-order valence-corrected chi connectivity index (χ1v) is 7.11. The summed E-state index contributed by atoms with van der Waals surface area (Å²) in [4.78, 5) is 25.6. The number of nitrogens with one attached hydrogen (secondary N) is 2. The van der Waals surface area contributed by atoms with Gasteiger partial charge in [-0.3, -0.25) is 14.8 Å². The smallest absolute Gasteiger partial charge is 0.262 e. The summed E-state index contributed by atoms with van der Waals surface area (Å²) in [6.07, 6.45) is 3.25. The predicted octanol–water partition coefficient (Wildman–Crippen LogP) is 2.76. The normalized spacial score (nSPS) is 11.5. The maximum atomic E-state index is 11.9. The van der Waals surface area contributed by atoms with Gasteiger partial charge >= 0.3 is 0 Å². The van der Waals surface area contributed by atoms with Gasteiger partial charge in [0, 0.05) is 28.0 Å². The standard InChI is InChI=1S/C14H11Cl2N5O/c15-9-2-1-7(10(16)3-9)4-18-5-8-6-19-12-11(8)13(22)21-14(17)20-12/h1-3,5-6H,4H2,(H4,17,19,20,21,22). The first-order chi connectivity index (χ1) is 10.5. The summed E-state index contributed by atoms with van der Waals surface area (Å²) in [6, 6.07) is 5.23. The van der Waals surface area contributed by atoms with E-state index in [1.165, 1.54) is 0 Å². The van der Waals surface area contributed by atoms with Crippen LogP contribution in [0.2, 0.25) is 10.0 Å². The van der Waals surface area contributed by atoms with Crippen LogP contribution in [-0.2, 0) is 6.54 Å². The number of nitrogens with zero attached hydrogens (tertiary/aromatic N) is 2. The number of rotatable bonds is 3. The van der Waals surface area contributed by atoms with Gasteiger partial charge in [0.2, 0.25) is 5.95 Å². The molecule has 22 heavy (non-hydrogen) atoms. The highest BCUT2D eigenvalue weighted by Gasteiger charge is 2.08. The maximum Gasteiger partial charge on any atom is 0.262 e. The van der Waals surface area contributed by atoms with Crippen LogP contribution in [0.3, 0.4) is 0 Å². The highest BCUT2D eigenvalue weighted by Crippen LogP contribution is 2.21. The van der Waals surface area contributed by atoms with Gasteiger partial charge in [-0.25, -0.2) is 0 Å². The molecule has 0 amide bonds. The molecule has 0 unspecified atom stereocenters. The minimum Gasteiger partial charge on any atom is -0.369 e. The van der Waals surface area contributed by atoms with Crippen LogP contribution in [0.5, 0.6) is 0 Å². The van der Waals surface area contributed by atoms with Crippen molar-refractivity contribution >= 4 is 46.4 Å². The molecule has 0 fully saturated rings. The molecule has 2 aromatic heterocycles. The Morgan fingerprint density at radius 2 is 2.18 bits per heavy atom. The molecule has 0 saturated heterocycles. The molecule has 8 heteroatoms. The van der Waals surface area contributed by atoms with Crippen LogP contribution in [0.1, 0.15) is 11.1 Å². The Kier molecular flexibility index (Phi) is 3.87. The van der Waals surface area contributed by atoms with E-state index in [1.54, 1.807) is 24.5 Å². The Bertz CT molecular complexity index is 929. The fourth-order valence-electron chi connectivity index (χ4n) is 2.08. The summed E-state index contributed by atoms with van der Waals surface area (Å²) in [6.45, 7) is 0.378. The fourth-order valence-corrected chi connectivity index (χ4v) is 2.54. The zero-order valence-electron chi connectivity index (χ0n) is 11.2. The van der Waals surface area contributed by atoms with E-state index in [0.717, 1.165) is 5.56 Å². The second kappa shape index (κ2) is 5.82. The number of fused-ring (bicyclic) bond motifs is 1. The van der Waals surface area contributed by atoms with Crippen molar-refractivity contribution in [3.63, 3.8) is 0 Å². The molecule has 4 N–H and O–H groups in total. The molecular weight excluding hydrogens is 325 g/mol. The van der Waals surface area contributed by atoms with Gasteiger partial charge in [-0.1, -0.05) is 29.3 Å². The minimum atomic E-state index is -0.310. The molecular formula is C14H11Cl2N5O. The quantitative estimate of drug-likeness (QED) is 0.641. The average Bonchev–Trinajstić information content (AvgIpc) is 2.84. The van der Waals surface area contributed by atoms with Crippen molar-refractivity contribution in [2.45, 2.75) is 6.54 Å². The number of hydrogen-bond acceptors (Lipinski definition) is 4. The lowest BCUT2D eigenvalue weighted by Crippen LogP contribution is -2.11. The highest BCUT2D eigenvalue weighted by atomic mass is 35.5. The number of nitrogens with two attached hydrogens (primary N) is 1. The van der Waals surface area contributed by atoms with Crippen LogP contribution in [0.4, 0.5) is 5.95 Å².